The molecular formula is C22H24ClN3O2. The Morgan fingerprint density at radius 3 is 2.75 bits per heavy atom. The molecule has 5 rings (SSSR count). The Morgan fingerprint density at radius 1 is 1.18 bits per heavy atom. The van der Waals surface area contributed by atoms with E-state index in [0.717, 1.165) is 60.5 Å². The maximum atomic E-state index is 10.4. The Bertz CT molecular complexity index is 966. The third kappa shape index (κ3) is 2.76. The van der Waals surface area contributed by atoms with Crippen molar-refractivity contribution in [2.45, 2.75) is 38.0 Å². The fourth-order valence-corrected chi connectivity index (χ4v) is 4.78. The van der Waals surface area contributed by atoms with Crippen LogP contribution in [-0.4, -0.2) is 46.6 Å². The first-order valence-corrected chi connectivity index (χ1v) is 10.2. The van der Waals surface area contributed by atoms with E-state index in [1.807, 2.05) is 37.3 Å². The molecule has 0 unspecified atom stereocenters. The summed E-state index contributed by atoms with van der Waals surface area (Å²) in [6.07, 6.45) is 2.50. The quantitative estimate of drug-likeness (QED) is 0.778. The van der Waals surface area contributed by atoms with Gasteiger partial charge in [0.2, 0.25) is 5.72 Å². The van der Waals surface area contributed by atoms with Crippen LogP contribution in [-0.2, 0) is 0 Å². The van der Waals surface area contributed by atoms with Gasteiger partial charge in [-0.05, 0) is 44.3 Å². The monoisotopic (exact) mass is 397 g/mol. The van der Waals surface area contributed by atoms with Gasteiger partial charge in [-0.25, -0.2) is 5.01 Å². The van der Waals surface area contributed by atoms with Crippen LogP contribution < -0.4 is 4.74 Å². The van der Waals surface area contributed by atoms with E-state index in [9.17, 15) is 5.11 Å². The minimum absolute atomic E-state index is 0.0702. The van der Waals surface area contributed by atoms with Gasteiger partial charge in [-0.3, -0.25) is 0 Å². The van der Waals surface area contributed by atoms with E-state index in [0.29, 0.717) is 5.02 Å². The topological polar surface area (TPSA) is 48.3 Å². The highest BCUT2D eigenvalue weighted by atomic mass is 35.5. The van der Waals surface area contributed by atoms with E-state index in [2.05, 4.69) is 17.0 Å². The molecule has 0 bridgehead atoms. The molecule has 146 valence electrons. The molecule has 1 saturated heterocycles. The first-order valence-electron chi connectivity index (χ1n) is 9.79. The van der Waals surface area contributed by atoms with Crippen LogP contribution in [0.15, 0.2) is 41.5 Å². The van der Waals surface area contributed by atoms with Crippen molar-refractivity contribution in [3.8, 4) is 11.5 Å². The molecule has 3 heterocycles. The highest BCUT2D eigenvalue weighted by Gasteiger charge is 2.51. The Hall–Kier alpha value is -2.24. The van der Waals surface area contributed by atoms with Gasteiger partial charge >= 0.3 is 0 Å². The molecule has 1 N–H and O–H groups in total. The lowest BCUT2D eigenvalue weighted by Gasteiger charge is -2.50. The molecular weight excluding hydrogens is 374 g/mol. The average Bonchev–Trinajstić information content (AvgIpc) is 3.13. The Balaban J connectivity index is 1.61. The summed E-state index contributed by atoms with van der Waals surface area (Å²) in [5, 5.41) is 18.3. The molecule has 2 aromatic rings. The number of phenols is 1. The SMILES string of the molecule is Cc1ccc(O)c(C2=NN3[C@@H](C2)c2cc(Cl)ccc2OC32CCN(C)CC2)c1. The summed E-state index contributed by atoms with van der Waals surface area (Å²) in [5.41, 5.74) is 3.44. The van der Waals surface area contributed by atoms with E-state index in [1.165, 1.54) is 0 Å². The molecule has 0 saturated carbocycles. The zero-order chi connectivity index (χ0) is 19.5. The minimum atomic E-state index is -0.445. The number of rotatable bonds is 1. The lowest BCUT2D eigenvalue weighted by Crippen LogP contribution is -2.58. The van der Waals surface area contributed by atoms with Gasteiger partial charge in [0.05, 0.1) is 11.8 Å². The second kappa shape index (κ2) is 6.39. The number of hydrogen-bond donors (Lipinski definition) is 1. The molecule has 5 nitrogen and oxygen atoms in total. The summed E-state index contributed by atoms with van der Waals surface area (Å²) < 4.78 is 6.59. The van der Waals surface area contributed by atoms with E-state index in [4.69, 9.17) is 21.4 Å². The van der Waals surface area contributed by atoms with Gasteiger partial charge in [0.25, 0.3) is 0 Å². The highest BCUT2D eigenvalue weighted by molar-refractivity contribution is 6.30. The second-order valence-electron chi connectivity index (χ2n) is 8.17. The van der Waals surface area contributed by atoms with Gasteiger partial charge in [0.15, 0.2) is 0 Å². The lowest BCUT2D eigenvalue weighted by atomic mass is 9.90. The highest BCUT2D eigenvalue weighted by Crippen LogP contribution is 2.50. The number of piperidine rings is 1. The number of benzene rings is 2. The molecule has 3 aliphatic rings. The van der Waals surface area contributed by atoms with Crippen molar-refractivity contribution in [1.82, 2.24) is 9.91 Å². The number of hydrogen-bond acceptors (Lipinski definition) is 5. The molecule has 0 radical (unpaired) electrons. The maximum Gasteiger partial charge on any atom is 0.200 e. The second-order valence-corrected chi connectivity index (χ2v) is 8.60. The van der Waals surface area contributed by atoms with E-state index < -0.39 is 5.72 Å². The molecule has 28 heavy (non-hydrogen) atoms. The Kier molecular flexibility index (Phi) is 4.07. The molecule has 6 heteroatoms. The number of fused-ring (bicyclic) bond motifs is 4. The van der Waals surface area contributed by atoms with Crippen molar-refractivity contribution in [3.05, 3.63) is 58.1 Å². The van der Waals surface area contributed by atoms with Crippen molar-refractivity contribution in [2.75, 3.05) is 20.1 Å². The summed E-state index contributed by atoms with van der Waals surface area (Å²) in [6, 6.07) is 11.6. The largest absolute Gasteiger partial charge is 0.507 e. The molecule has 0 aliphatic carbocycles. The van der Waals surface area contributed by atoms with Crippen molar-refractivity contribution in [3.63, 3.8) is 0 Å². The third-order valence-corrected chi connectivity index (χ3v) is 6.43. The number of nitrogens with zero attached hydrogens (tertiary/aromatic N) is 3. The van der Waals surface area contributed by atoms with Crippen molar-refractivity contribution < 1.29 is 9.84 Å². The average molecular weight is 398 g/mol. The number of halogens is 1. The summed E-state index contributed by atoms with van der Waals surface area (Å²) in [5.74, 6) is 1.17. The first-order chi connectivity index (χ1) is 13.4. The normalized spacial score (nSPS) is 23.2. The third-order valence-electron chi connectivity index (χ3n) is 6.19. The number of aromatic hydroxyl groups is 1. The molecule has 3 aliphatic heterocycles. The van der Waals surface area contributed by atoms with E-state index in [1.54, 1.807) is 6.07 Å². The molecule has 2 aromatic carbocycles. The molecule has 0 aromatic heterocycles. The zero-order valence-electron chi connectivity index (χ0n) is 16.2. The predicted octanol–water partition coefficient (Wildman–Crippen LogP) is 4.32. The number of aryl methyl sites for hydroxylation is 1. The summed E-state index contributed by atoms with van der Waals surface area (Å²) in [7, 11) is 2.14. The number of ether oxygens (including phenoxy) is 1. The van der Waals surface area contributed by atoms with Crippen LogP contribution in [0.5, 0.6) is 11.5 Å². The first kappa shape index (κ1) is 17.8. The number of hydrazone groups is 1. The smallest absolute Gasteiger partial charge is 0.200 e. The van der Waals surface area contributed by atoms with Crippen LogP contribution in [0.4, 0.5) is 0 Å². The molecule has 1 fully saturated rings. The Morgan fingerprint density at radius 2 is 1.96 bits per heavy atom. The van der Waals surface area contributed by atoms with Crippen LogP contribution in [0.25, 0.3) is 0 Å². The van der Waals surface area contributed by atoms with Gasteiger partial charge in [-0.15, -0.1) is 0 Å². The van der Waals surface area contributed by atoms with Crippen LogP contribution in [0.3, 0.4) is 0 Å². The van der Waals surface area contributed by atoms with E-state index >= 15 is 0 Å². The van der Waals surface area contributed by atoms with Gasteiger partial charge in [-0.2, -0.15) is 5.10 Å². The molecule has 1 spiro atoms. The predicted molar refractivity (Wildman–Crippen MR) is 110 cm³/mol. The van der Waals surface area contributed by atoms with Gasteiger partial charge in [-0.1, -0.05) is 23.2 Å². The molecule has 0 amide bonds. The van der Waals surface area contributed by atoms with Crippen LogP contribution in [0, 0.1) is 6.92 Å². The van der Waals surface area contributed by atoms with Crippen LogP contribution in [0.2, 0.25) is 5.02 Å². The van der Waals surface area contributed by atoms with Crippen LogP contribution >= 0.6 is 11.6 Å². The van der Waals surface area contributed by atoms with E-state index in [-0.39, 0.29) is 11.8 Å². The Labute approximate surface area is 170 Å². The van der Waals surface area contributed by atoms with Gasteiger partial charge in [0.1, 0.15) is 11.5 Å². The molecule has 1 atom stereocenters. The summed E-state index contributed by atoms with van der Waals surface area (Å²) >= 11 is 6.30. The number of likely N-dealkylation sites (tertiary alicyclic amines) is 1. The minimum Gasteiger partial charge on any atom is -0.507 e. The summed E-state index contributed by atoms with van der Waals surface area (Å²) in [6.45, 7) is 3.96. The fourth-order valence-electron chi connectivity index (χ4n) is 4.60. The number of phenolic OH excluding ortho intramolecular Hbond substituents is 1. The van der Waals surface area contributed by atoms with Gasteiger partial charge in [0, 0.05) is 48.5 Å². The van der Waals surface area contributed by atoms with Crippen LogP contribution in [0.1, 0.15) is 42.0 Å². The van der Waals surface area contributed by atoms with Crippen molar-refractivity contribution in [2.24, 2.45) is 5.10 Å². The fraction of sp³-hybridized carbons (Fsp3) is 0.409. The zero-order valence-corrected chi connectivity index (χ0v) is 16.9. The lowest BCUT2D eigenvalue weighted by molar-refractivity contribution is -0.147. The standard InChI is InChI=1S/C22H24ClN3O2/c1-14-3-5-20(27)16(11-14)18-13-19-17-12-15(23)4-6-21(17)28-22(26(19)24-18)7-9-25(2)10-8-22/h3-6,11-12,19,27H,7-10,13H2,1-2H3/t19-/m0/s1. The maximum absolute atomic E-state index is 10.4. The van der Waals surface area contributed by atoms with Crippen molar-refractivity contribution in [1.29, 1.82) is 0 Å². The summed E-state index contributed by atoms with van der Waals surface area (Å²) in [4.78, 5) is 2.33. The van der Waals surface area contributed by atoms with Gasteiger partial charge < -0.3 is 14.7 Å². The van der Waals surface area contributed by atoms with Crippen molar-refractivity contribution >= 4 is 17.3 Å².